The molecule has 0 saturated heterocycles. The van der Waals surface area contributed by atoms with Gasteiger partial charge in [-0.3, -0.25) is 9.59 Å². The van der Waals surface area contributed by atoms with Gasteiger partial charge in [0.25, 0.3) is 0 Å². The molecule has 5 heteroatoms. The molecule has 0 N–H and O–H groups in total. The van der Waals surface area contributed by atoms with E-state index < -0.39 is 5.97 Å². The molecule has 0 heterocycles. The summed E-state index contributed by atoms with van der Waals surface area (Å²) >= 11 is 0. The number of Topliss-reactive ketones (excluding diaryl/α,β-unsaturated/α-hetero) is 2. The van der Waals surface area contributed by atoms with Crippen molar-refractivity contribution >= 4 is 23.2 Å². The van der Waals surface area contributed by atoms with Crippen LogP contribution in [0, 0.1) is 0 Å². The van der Waals surface area contributed by atoms with Crippen molar-refractivity contribution in [2.75, 3.05) is 24.6 Å². The number of nitrogens with zero attached hydrogens (tertiary/aromatic N) is 1. The lowest BCUT2D eigenvalue weighted by Crippen LogP contribution is -2.30. The van der Waals surface area contributed by atoms with Gasteiger partial charge in [0.2, 0.25) is 0 Å². The molecular formula is C33H31NO4. The lowest BCUT2D eigenvalue weighted by Gasteiger charge is -2.28. The van der Waals surface area contributed by atoms with Gasteiger partial charge in [0.15, 0.2) is 18.2 Å². The number of carbonyl (C=O) groups excluding carboxylic acids is 3. The first-order valence-electron chi connectivity index (χ1n) is 12.7. The second-order valence-corrected chi connectivity index (χ2v) is 9.21. The molecule has 38 heavy (non-hydrogen) atoms. The smallest absolute Gasteiger partial charge is 0.338 e. The predicted molar refractivity (Wildman–Crippen MR) is 150 cm³/mol. The van der Waals surface area contributed by atoms with Gasteiger partial charge in [0.05, 0.1) is 5.56 Å². The maximum atomic E-state index is 12.8. The van der Waals surface area contributed by atoms with E-state index in [-0.39, 0.29) is 24.1 Å². The van der Waals surface area contributed by atoms with Crippen molar-refractivity contribution < 1.29 is 19.1 Å². The molecule has 4 rings (SSSR count). The van der Waals surface area contributed by atoms with Gasteiger partial charge in [0, 0.05) is 36.3 Å². The predicted octanol–water partition coefficient (Wildman–Crippen LogP) is 6.61. The Morgan fingerprint density at radius 2 is 1.24 bits per heavy atom. The van der Waals surface area contributed by atoms with Crippen LogP contribution >= 0.6 is 0 Å². The molecule has 0 aromatic heterocycles. The standard InChI is InChI=1S/C33H31NO4/c1-25(26-12-5-2-6-13-26)23-34(21-20-31(35)27-14-7-3-8-15-27)30-19-11-18-29(22-30)33(37)38-24-32(36)28-16-9-4-10-17-28/h2-19,22,25H,20-21,23-24H2,1H3. The SMILES string of the molecule is CC(CN(CCC(=O)c1ccccc1)c1cccc(C(=O)OCC(=O)c2ccccc2)c1)c1ccccc1. The number of carbonyl (C=O) groups is 3. The highest BCUT2D eigenvalue weighted by Crippen LogP contribution is 2.23. The second kappa shape index (κ2) is 13.2. The van der Waals surface area contributed by atoms with E-state index in [9.17, 15) is 14.4 Å². The van der Waals surface area contributed by atoms with E-state index in [1.54, 1.807) is 42.5 Å². The van der Waals surface area contributed by atoms with Crippen LogP contribution in [0.1, 0.15) is 55.9 Å². The Hall–Kier alpha value is -4.51. The molecule has 1 unspecified atom stereocenters. The monoisotopic (exact) mass is 505 g/mol. The minimum Gasteiger partial charge on any atom is -0.454 e. The zero-order valence-electron chi connectivity index (χ0n) is 21.5. The van der Waals surface area contributed by atoms with Crippen LogP contribution in [0.3, 0.4) is 0 Å². The summed E-state index contributed by atoms with van der Waals surface area (Å²) in [4.78, 5) is 40.1. The number of hydrogen-bond donors (Lipinski definition) is 0. The van der Waals surface area contributed by atoms with Crippen LogP contribution in [-0.2, 0) is 4.74 Å². The van der Waals surface area contributed by atoms with Gasteiger partial charge in [-0.25, -0.2) is 4.79 Å². The molecular weight excluding hydrogens is 474 g/mol. The highest BCUT2D eigenvalue weighted by atomic mass is 16.5. The maximum absolute atomic E-state index is 12.8. The molecule has 0 aliphatic carbocycles. The fraction of sp³-hybridized carbons (Fsp3) is 0.182. The van der Waals surface area contributed by atoms with Crippen molar-refractivity contribution in [3.8, 4) is 0 Å². The second-order valence-electron chi connectivity index (χ2n) is 9.21. The van der Waals surface area contributed by atoms with E-state index in [0.29, 0.717) is 36.2 Å². The van der Waals surface area contributed by atoms with Crippen LogP contribution in [0.2, 0.25) is 0 Å². The Morgan fingerprint density at radius 3 is 1.87 bits per heavy atom. The van der Waals surface area contributed by atoms with Crippen molar-refractivity contribution in [2.45, 2.75) is 19.3 Å². The molecule has 1 atom stereocenters. The third-order valence-electron chi connectivity index (χ3n) is 6.44. The first-order chi connectivity index (χ1) is 18.5. The lowest BCUT2D eigenvalue weighted by atomic mass is 10.00. The third kappa shape index (κ3) is 7.26. The van der Waals surface area contributed by atoms with Crippen LogP contribution in [0.4, 0.5) is 5.69 Å². The molecule has 192 valence electrons. The summed E-state index contributed by atoms with van der Waals surface area (Å²) in [6.07, 6.45) is 0.339. The molecule has 5 nitrogen and oxygen atoms in total. The topological polar surface area (TPSA) is 63.7 Å². The Bertz CT molecular complexity index is 1350. The Morgan fingerprint density at radius 1 is 0.684 bits per heavy atom. The molecule has 0 radical (unpaired) electrons. The number of rotatable bonds is 12. The van der Waals surface area contributed by atoms with Gasteiger partial charge in [0.1, 0.15) is 0 Å². The zero-order chi connectivity index (χ0) is 26.7. The van der Waals surface area contributed by atoms with Crippen molar-refractivity contribution in [1.82, 2.24) is 0 Å². The highest BCUT2D eigenvalue weighted by molar-refractivity contribution is 5.99. The van der Waals surface area contributed by atoms with Crippen molar-refractivity contribution in [1.29, 1.82) is 0 Å². The van der Waals surface area contributed by atoms with Gasteiger partial charge in [-0.1, -0.05) is 104 Å². The summed E-state index contributed by atoms with van der Waals surface area (Å²) in [5.74, 6) is -0.555. The molecule has 0 fully saturated rings. The largest absolute Gasteiger partial charge is 0.454 e. The summed E-state index contributed by atoms with van der Waals surface area (Å²) in [5, 5.41) is 0. The highest BCUT2D eigenvalue weighted by Gasteiger charge is 2.18. The van der Waals surface area contributed by atoms with Gasteiger partial charge >= 0.3 is 5.97 Å². The van der Waals surface area contributed by atoms with E-state index in [0.717, 1.165) is 5.69 Å². The molecule has 0 amide bonds. The first-order valence-corrected chi connectivity index (χ1v) is 12.7. The quantitative estimate of drug-likeness (QED) is 0.160. The molecule has 0 aliphatic rings. The van der Waals surface area contributed by atoms with Crippen LogP contribution in [0.25, 0.3) is 0 Å². The fourth-order valence-electron chi connectivity index (χ4n) is 4.30. The zero-order valence-corrected chi connectivity index (χ0v) is 21.5. The molecule has 0 bridgehead atoms. The van der Waals surface area contributed by atoms with Gasteiger partial charge in [-0.05, 0) is 29.7 Å². The number of anilines is 1. The number of ketones is 2. The number of hydrogen-bond acceptors (Lipinski definition) is 5. The van der Waals surface area contributed by atoms with E-state index in [2.05, 4.69) is 24.0 Å². The summed E-state index contributed by atoms with van der Waals surface area (Å²) in [6.45, 7) is 2.98. The lowest BCUT2D eigenvalue weighted by molar-refractivity contribution is 0.0474. The summed E-state index contributed by atoms with van der Waals surface area (Å²) in [6, 6.07) is 35.4. The van der Waals surface area contributed by atoms with E-state index >= 15 is 0 Å². The Balaban J connectivity index is 1.48. The van der Waals surface area contributed by atoms with Crippen molar-refractivity contribution in [2.24, 2.45) is 0 Å². The maximum Gasteiger partial charge on any atom is 0.338 e. The number of ether oxygens (including phenoxy) is 1. The van der Waals surface area contributed by atoms with Crippen LogP contribution in [0.15, 0.2) is 115 Å². The molecule has 0 spiro atoms. The average molecular weight is 506 g/mol. The first kappa shape index (κ1) is 26.6. The van der Waals surface area contributed by atoms with Crippen molar-refractivity contribution in [3.05, 3.63) is 138 Å². The molecule has 4 aromatic rings. The summed E-state index contributed by atoms with van der Waals surface area (Å²) in [7, 11) is 0. The summed E-state index contributed by atoms with van der Waals surface area (Å²) < 4.78 is 5.32. The van der Waals surface area contributed by atoms with E-state index in [1.165, 1.54) is 5.56 Å². The van der Waals surface area contributed by atoms with Gasteiger partial charge < -0.3 is 9.64 Å². The Labute approximate surface area is 223 Å². The molecule has 0 saturated carbocycles. The van der Waals surface area contributed by atoms with Crippen LogP contribution in [0.5, 0.6) is 0 Å². The molecule has 4 aromatic carbocycles. The summed E-state index contributed by atoms with van der Waals surface area (Å²) in [5.41, 5.74) is 3.55. The fourth-order valence-corrected chi connectivity index (χ4v) is 4.30. The van der Waals surface area contributed by atoms with Crippen molar-refractivity contribution in [3.63, 3.8) is 0 Å². The average Bonchev–Trinajstić information content (AvgIpc) is 2.99. The minimum absolute atomic E-state index is 0.0675. The van der Waals surface area contributed by atoms with Crippen LogP contribution in [-0.4, -0.2) is 37.2 Å². The van der Waals surface area contributed by atoms with Gasteiger partial charge in [-0.2, -0.15) is 0 Å². The number of esters is 1. The van der Waals surface area contributed by atoms with E-state index in [4.69, 9.17) is 4.74 Å². The Kier molecular flexibility index (Phi) is 9.19. The van der Waals surface area contributed by atoms with Crippen LogP contribution < -0.4 is 4.90 Å². The van der Waals surface area contributed by atoms with E-state index in [1.807, 2.05) is 60.7 Å². The van der Waals surface area contributed by atoms with Gasteiger partial charge in [-0.15, -0.1) is 0 Å². The third-order valence-corrected chi connectivity index (χ3v) is 6.44. The minimum atomic E-state index is -0.562. The normalized spacial score (nSPS) is 11.4. The molecule has 0 aliphatic heterocycles. The number of benzene rings is 4.